The molecule has 0 fully saturated rings. The summed E-state index contributed by atoms with van der Waals surface area (Å²) in [4.78, 5) is 11.9. The average Bonchev–Trinajstić information content (AvgIpc) is 2.66. The van der Waals surface area contributed by atoms with E-state index in [2.05, 4.69) is 15.5 Å². The van der Waals surface area contributed by atoms with Crippen molar-refractivity contribution in [2.75, 3.05) is 5.32 Å². The third kappa shape index (κ3) is 3.12. The first kappa shape index (κ1) is 13.5. The lowest BCUT2D eigenvalue weighted by atomic mass is 10.1. The maximum Gasteiger partial charge on any atom is 0.228 e. The van der Waals surface area contributed by atoms with Gasteiger partial charge in [0.2, 0.25) is 5.91 Å². The van der Waals surface area contributed by atoms with Gasteiger partial charge in [-0.1, -0.05) is 11.6 Å². The van der Waals surface area contributed by atoms with Gasteiger partial charge in [0.15, 0.2) is 0 Å². The number of carbonyl (C=O) groups is 1. The van der Waals surface area contributed by atoms with Crippen molar-refractivity contribution in [2.45, 2.75) is 20.3 Å². The third-order valence-corrected chi connectivity index (χ3v) is 3.11. The normalized spacial score (nSPS) is 10.5. The van der Waals surface area contributed by atoms with Gasteiger partial charge in [0.05, 0.1) is 17.1 Å². The Balaban J connectivity index is 2.07. The van der Waals surface area contributed by atoms with Crippen LogP contribution in [0.15, 0.2) is 18.2 Å². The Hall–Kier alpha value is -1.88. The number of benzene rings is 1. The van der Waals surface area contributed by atoms with Crippen LogP contribution >= 0.6 is 11.6 Å². The molecule has 2 aromatic rings. The number of nitrogens with zero attached hydrogens (tertiary/aromatic N) is 1. The summed E-state index contributed by atoms with van der Waals surface area (Å²) in [5, 5.41) is 9.50. The Kier molecular flexibility index (Phi) is 3.85. The third-order valence-electron chi connectivity index (χ3n) is 2.82. The number of nitrogens with one attached hydrogen (secondary N) is 2. The molecule has 0 aliphatic heterocycles. The van der Waals surface area contributed by atoms with Gasteiger partial charge in [0.1, 0.15) is 5.82 Å². The molecule has 100 valence electrons. The molecule has 0 spiro atoms. The zero-order chi connectivity index (χ0) is 14.0. The lowest BCUT2D eigenvalue weighted by Crippen LogP contribution is -2.15. The highest BCUT2D eigenvalue weighted by Gasteiger charge is 2.12. The summed E-state index contributed by atoms with van der Waals surface area (Å²) in [6.07, 6.45) is 0.211. The summed E-state index contributed by atoms with van der Waals surface area (Å²) in [7, 11) is 0. The van der Waals surface area contributed by atoms with Gasteiger partial charge in [0, 0.05) is 16.9 Å². The molecule has 4 nitrogen and oxygen atoms in total. The van der Waals surface area contributed by atoms with Crippen molar-refractivity contribution in [1.29, 1.82) is 0 Å². The molecule has 0 aliphatic carbocycles. The van der Waals surface area contributed by atoms with E-state index in [9.17, 15) is 9.18 Å². The second-order valence-corrected chi connectivity index (χ2v) is 4.67. The van der Waals surface area contributed by atoms with Crippen molar-refractivity contribution >= 4 is 23.2 Å². The smallest absolute Gasteiger partial charge is 0.228 e. The van der Waals surface area contributed by atoms with Gasteiger partial charge in [-0.2, -0.15) is 5.10 Å². The topological polar surface area (TPSA) is 57.8 Å². The van der Waals surface area contributed by atoms with Crippen molar-refractivity contribution in [3.05, 3.63) is 46.0 Å². The number of carbonyl (C=O) groups excluding carboxylic acids is 1. The Bertz CT molecular complexity index is 605. The van der Waals surface area contributed by atoms with Crippen molar-refractivity contribution in [2.24, 2.45) is 0 Å². The molecule has 0 saturated heterocycles. The lowest BCUT2D eigenvalue weighted by Gasteiger charge is -2.06. The number of hydrogen-bond acceptors (Lipinski definition) is 2. The van der Waals surface area contributed by atoms with E-state index in [4.69, 9.17) is 11.6 Å². The van der Waals surface area contributed by atoms with Gasteiger partial charge in [-0.3, -0.25) is 9.89 Å². The molecule has 0 bridgehead atoms. The predicted molar refractivity (Wildman–Crippen MR) is 71.8 cm³/mol. The van der Waals surface area contributed by atoms with E-state index >= 15 is 0 Å². The van der Waals surface area contributed by atoms with Crippen LogP contribution in [0.2, 0.25) is 5.02 Å². The highest BCUT2D eigenvalue weighted by Crippen LogP contribution is 2.19. The number of aryl methyl sites for hydroxylation is 2. The molecule has 1 aromatic carbocycles. The van der Waals surface area contributed by atoms with Crippen LogP contribution < -0.4 is 5.32 Å². The standard InChI is InChI=1S/C13H13ClFN3O/c1-7-10(8(2)18-17-7)6-13(19)16-9-3-4-12(15)11(14)5-9/h3-5H,6H2,1-2H3,(H,16,19)(H,17,18). The second-order valence-electron chi connectivity index (χ2n) is 4.27. The van der Waals surface area contributed by atoms with Crippen LogP contribution in [0.1, 0.15) is 17.0 Å². The second kappa shape index (κ2) is 5.40. The molecular formula is C13H13ClFN3O. The van der Waals surface area contributed by atoms with Gasteiger partial charge in [0.25, 0.3) is 0 Å². The van der Waals surface area contributed by atoms with Gasteiger partial charge in [-0.15, -0.1) is 0 Å². The molecule has 0 aliphatic rings. The van der Waals surface area contributed by atoms with Crippen LogP contribution in [-0.2, 0) is 11.2 Å². The first-order chi connectivity index (χ1) is 8.97. The predicted octanol–water partition coefficient (Wildman–Crippen LogP) is 3.00. The van der Waals surface area contributed by atoms with Crippen molar-refractivity contribution in [1.82, 2.24) is 10.2 Å². The fourth-order valence-corrected chi connectivity index (χ4v) is 1.95. The Morgan fingerprint density at radius 3 is 2.79 bits per heavy atom. The maximum atomic E-state index is 13.0. The van der Waals surface area contributed by atoms with E-state index in [0.29, 0.717) is 5.69 Å². The minimum Gasteiger partial charge on any atom is -0.326 e. The van der Waals surface area contributed by atoms with Gasteiger partial charge < -0.3 is 5.32 Å². The fourth-order valence-electron chi connectivity index (χ4n) is 1.77. The van der Waals surface area contributed by atoms with Crippen molar-refractivity contribution < 1.29 is 9.18 Å². The van der Waals surface area contributed by atoms with Gasteiger partial charge in [-0.05, 0) is 32.0 Å². The molecule has 2 rings (SSSR count). The van der Waals surface area contributed by atoms with Gasteiger partial charge in [-0.25, -0.2) is 4.39 Å². The maximum absolute atomic E-state index is 13.0. The number of aromatic nitrogens is 2. The Labute approximate surface area is 115 Å². The van der Waals surface area contributed by atoms with Crippen LogP contribution in [0.25, 0.3) is 0 Å². The van der Waals surface area contributed by atoms with E-state index in [1.54, 1.807) is 0 Å². The summed E-state index contributed by atoms with van der Waals surface area (Å²) < 4.78 is 13.0. The van der Waals surface area contributed by atoms with Crippen molar-refractivity contribution in [3.63, 3.8) is 0 Å². The number of rotatable bonds is 3. The van der Waals surface area contributed by atoms with E-state index in [0.717, 1.165) is 17.0 Å². The van der Waals surface area contributed by atoms with E-state index in [1.807, 2.05) is 13.8 Å². The number of amides is 1. The molecule has 1 amide bonds. The highest BCUT2D eigenvalue weighted by molar-refractivity contribution is 6.31. The molecule has 0 unspecified atom stereocenters. The summed E-state index contributed by atoms with van der Waals surface area (Å²) in [5.41, 5.74) is 3.00. The molecule has 1 heterocycles. The first-order valence-electron chi connectivity index (χ1n) is 5.72. The molecule has 0 atom stereocenters. The Morgan fingerprint density at radius 1 is 1.47 bits per heavy atom. The zero-order valence-electron chi connectivity index (χ0n) is 10.6. The first-order valence-corrected chi connectivity index (χ1v) is 6.10. The van der Waals surface area contributed by atoms with E-state index < -0.39 is 5.82 Å². The number of anilines is 1. The molecule has 6 heteroatoms. The van der Waals surface area contributed by atoms with Crippen LogP contribution in [-0.4, -0.2) is 16.1 Å². The summed E-state index contributed by atoms with van der Waals surface area (Å²) in [6.45, 7) is 3.69. The molecule has 1 aromatic heterocycles. The molecule has 2 N–H and O–H groups in total. The van der Waals surface area contributed by atoms with Crippen LogP contribution in [0.5, 0.6) is 0 Å². The van der Waals surface area contributed by atoms with Crippen LogP contribution in [0.3, 0.4) is 0 Å². The van der Waals surface area contributed by atoms with Crippen LogP contribution in [0.4, 0.5) is 10.1 Å². The monoisotopic (exact) mass is 281 g/mol. The summed E-state index contributed by atoms with van der Waals surface area (Å²) in [5.74, 6) is -0.712. The number of hydrogen-bond donors (Lipinski definition) is 2. The quantitative estimate of drug-likeness (QED) is 0.909. The van der Waals surface area contributed by atoms with Crippen molar-refractivity contribution in [3.8, 4) is 0 Å². The average molecular weight is 282 g/mol. The summed E-state index contributed by atoms with van der Waals surface area (Å²) >= 11 is 5.65. The fraction of sp³-hybridized carbons (Fsp3) is 0.231. The molecule has 0 saturated carbocycles. The summed E-state index contributed by atoms with van der Waals surface area (Å²) in [6, 6.07) is 4.06. The van der Waals surface area contributed by atoms with Crippen LogP contribution in [0, 0.1) is 19.7 Å². The SMILES string of the molecule is Cc1n[nH]c(C)c1CC(=O)Nc1ccc(F)c(Cl)c1. The molecule has 0 radical (unpaired) electrons. The Morgan fingerprint density at radius 2 is 2.21 bits per heavy atom. The van der Waals surface area contributed by atoms with E-state index in [-0.39, 0.29) is 17.4 Å². The molecule has 19 heavy (non-hydrogen) atoms. The number of halogens is 2. The lowest BCUT2D eigenvalue weighted by molar-refractivity contribution is -0.115. The molecular weight excluding hydrogens is 269 g/mol. The zero-order valence-corrected chi connectivity index (χ0v) is 11.3. The minimum absolute atomic E-state index is 0.0199. The van der Waals surface area contributed by atoms with E-state index in [1.165, 1.54) is 18.2 Å². The number of H-pyrrole nitrogens is 1. The van der Waals surface area contributed by atoms with Gasteiger partial charge >= 0.3 is 0 Å². The number of aromatic amines is 1. The highest BCUT2D eigenvalue weighted by atomic mass is 35.5. The largest absolute Gasteiger partial charge is 0.326 e. The minimum atomic E-state index is -0.513.